The van der Waals surface area contributed by atoms with Gasteiger partial charge in [-0.05, 0) is 36.5 Å². The average Bonchev–Trinajstić information content (AvgIpc) is 2.45. The molecule has 0 aliphatic heterocycles. The number of benzene rings is 2. The van der Waals surface area contributed by atoms with E-state index in [1.807, 2.05) is 6.08 Å². The lowest BCUT2D eigenvalue weighted by molar-refractivity contribution is 0.813. The van der Waals surface area contributed by atoms with Gasteiger partial charge in [0.1, 0.15) is 0 Å². The van der Waals surface area contributed by atoms with Gasteiger partial charge in [0.2, 0.25) is 0 Å². The van der Waals surface area contributed by atoms with Crippen LogP contribution in [0.5, 0.6) is 0 Å². The van der Waals surface area contributed by atoms with E-state index in [-0.39, 0.29) is 0 Å². The lowest BCUT2D eigenvalue weighted by Gasteiger charge is -2.20. The Balaban J connectivity index is 2.48. The Morgan fingerprint density at radius 2 is 1.89 bits per heavy atom. The first-order valence-corrected chi connectivity index (χ1v) is 7.01. The van der Waals surface area contributed by atoms with Crippen molar-refractivity contribution in [2.75, 3.05) is 0 Å². The van der Waals surface area contributed by atoms with E-state index in [2.05, 4.69) is 69.0 Å². The Kier molecular flexibility index (Phi) is 4.57. The van der Waals surface area contributed by atoms with E-state index in [9.17, 15) is 0 Å². The van der Waals surface area contributed by atoms with Gasteiger partial charge < -0.3 is 0 Å². The summed E-state index contributed by atoms with van der Waals surface area (Å²) in [5.74, 6) is 0.425. The summed E-state index contributed by atoms with van der Waals surface area (Å²) < 4.78 is 0. The standard InChI is InChI=1S/C19H22/c1-4-9-18(17-12-8-10-15(3)14-17)19-13-7-6-11-16(19)5-2/h4,6-8,10-14,18H,1,5,9H2,2-3H3/t18-/m0/s1. The molecule has 0 unspecified atom stereocenters. The number of rotatable bonds is 5. The molecule has 0 heteroatoms. The Morgan fingerprint density at radius 3 is 2.58 bits per heavy atom. The van der Waals surface area contributed by atoms with Crippen molar-refractivity contribution in [1.29, 1.82) is 0 Å². The Bertz CT molecular complexity index is 551. The first-order chi connectivity index (χ1) is 9.26. The monoisotopic (exact) mass is 250 g/mol. The quantitative estimate of drug-likeness (QED) is 0.634. The van der Waals surface area contributed by atoms with Gasteiger partial charge in [-0.15, -0.1) is 6.58 Å². The SMILES string of the molecule is C=CC[C@@H](c1cccc(C)c1)c1ccccc1CC. The van der Waals surface area contributed by atoms with Crippen LogP contribution in [0.3, 0.4) is 0 Å². The fraction of sp³-hybridized carbons (Fsp3) is 0.263. The summed E-state index contributed by atoms with van der Waals surface area (Å²) in [5.41, 5.74) is 5.59. The van der Waals surface area contributed by atoms with Gasteiger partial charge in [0, 0.05) is 5.92 Å². The lowest BCUT2D eigenvalue weighted by atomic mass is 9.84. The first-order valence-electron chi connectivity index (χ1n) is 7.01. The highest BCUT2D eigenvalue weighted by Crippen LogP contribution is 2.31. The number of hydrogen-bond donors (Lipinski definition) is 0. The van der Waals surface area contributed by atoms with E-state index in [1.54, 1.807) is 0 Å². The predicted octanol–water partition coefficient (Wildman–Crippen LogP) is 5.27. The van der Waals surface area contributed by atoms with Gasteiger partial charge in [0.25, 0.3) is 0 Å². The van der Waals surface area contributed by atoms with Crippen LogP contribution >= 0.6 is 0 Å². The molecule has 0 radical (unpaired) electrons. The molecule has 0 aromatic heterocycles. The second-order valence-corrected chi connectivity index (χ2v) is 5.04. The zero-order chi connectivity index (χ0) is 13.7. The minimum absolute atomic E-state index is 0.425. The van der Waals surface area contributed by atoms with Crippen molar-refractivity contribution < 1.29 is 0 Å². The van der Waals surface area contributed by atoms with Crippen molar-refractivity contribution in [3.8, 4) is 0 Å². The van der Waals surface area contributed by atoms with Crippen LogP contribution in [0.15, 0.2) is 61.2 Å². The lowest BCUT2D eigenvalue weighted by Crippen LogP contribution is -2.04. The zero-order valence-electron chi connectivity index (χ0n) is 11.9. The zero-order valence-corrected chi connectivity index (χ0v) is 11.9. The van der Waals surface area contributed by atoms with Crippen molar-refractivity contribution in [2.45, 2.75) is 32.6 Å². The number of allylic oxidation sites excluding steroid dienone is 1. The van der Waals surface area contributed by atoms with Crippen molar-refractivity contribution in [3.05, 3.63) is 83.4 Å². The van der Waals surface area contributed by atoms with Gasteiger partial charge in [-0.1, -0.05) is 67.1 Å². The number of hydrogen-bond acceptors (Lipinski definition) is 0. The largest absolute Gasteiger partial charge is 0.103 e. The summed E-state index contributed by atoms with van der Waals surface area (Å²) in [6.07, 6.45) is 4.09. The predicted molar refractivity (Wildman–Crippen MR) is 83.7 cm³/mol. The smallest absolute Gasteiger partial charge is 0.0126 e. The van der Waals surface area contributed by atoms with E-state index in [4.69, 9.17) is 0 Å². The van der Waals surface area contributed by atoms with E-state index in [0.29, 0.717) is 5.92 Å². The molecular formula is C19H22. The average molecular weight is 250 g/mol. The highest BCUT2D eigenvalue weighted by atomic mass is 14.2. The van der Waals surface area contributed by atoms with E-state index >= 15 is 0 Å². The third-order valence-corrected chi connectivity index (χ3v) is 3.66. The van der Waals surface area contributed by atoms with Gasteiger partial charge in [-0.3, -0.25) is 0 Å². The normalized spacial score (nSPS) is 12.1. The summed E-state index contributed by atoms with van der Waals surface area (Å²) in [6, 6.07) is 17.6. The third-order valence-electron chi connectivity index (χ3n) is 3.66. The molecule has 0 fully saturated rings. The van der Waals surface area contributed by atoms with Crippen LogP contribution in [0.1, 0.15) is 41.5 Å². The van der Waals surface area contributed by atoms with Crippen LogP contribution < -0.4 is 0 Å². The molecule has 2 aromatic rings. The van der Waals surface area contributed by atoms with Crippen LogP contribution in [0.2, 0.25) is 0 Å². The molecule has 1 atom stereocenters. The fourth-order valence-corrected chi connectivity index (χ4v) is 2.69. The maximum atomic E-state index is 3.93. The van der Waals surface area contributed by atoms with Gasteiger partial charge in [-0.2, -0.15) is 0 Å². The Labute approximate surface area is 116 Å². The Morgan fingerprint density at radius 1 is 1.11 bits per heavy atom. The molecule has 98 valence electrons. The number of aryl methyl sites for hydroxylation is 2. The fourth-order valence-electron chi connectivity index (χ4n) is 2.69. The molecule has 19 heavy (non-hydrogen) atoms. The van der Waals surface area contributed by atoms with E-state index < -0.39 is 0 Å². The topological polar surface area (TPSA) is 0 Å². The second kappa shape index (κ2) is 6.38. The van der Waals surface area contributed by atoms with Gasteiger partial charge in [0.15, 0.2) is 0 Å². The van der Waals surface area contributed by atoms with E-state index in [1.165, 1.54) is 22.3 Å². The maximum absolute atomic E-state index is 3.93. The molecule has 0 N–H and O–H groups in total. The molecule has 0 aliphatic rings. The minimum atomic E-state index is 0.425. The molecule has 0 bridgehead atoms. The minimum Gasteiger partial charge on any atom is -0.103 e. The summed E-state index contributed by atoms with van der Waals surface area (Å²) in [5, 5.41) is 0. The second-order valence-electron chi connectivity index (χ2n) is 5.04. The van der Waals surface area contributed by atoms with Crippen LogP contribution in [0.4, 0.5) is 0 Å². The summed E-state index contributed by atoms with van der Waals surface area (Å²) in [6.45, 7) is 8.30. The molecule has 0 saturated heterocycles. The highest BCUT2D eigenvalue weighted by Gasteiger charge is 2.15. The van der Waals surface area contributed by atoms with Crippen LogP contribution in [0, 0.1) is 6.92 Å². The van der Waals surface area contributed by atoms with E-state index in [0.717, 1.165) is 12.8 Å². The van der Waals surface area contributed by atoms with Crippen LogP contribution in [-0.4, -0.2) is 0 Å². The van der Waals surface area contributed by atoms with Crippen LogP contribution in [-0.2, 0) is 6.42 Å². The third kappa shape index (κ3) is 3.14. The van der Waals surface area contributed by atoms with Crippen molar-refractivity contribution in [2.24, 2.45) is 0 Å². The van der Waals surface area contributed by atoms with Crippen molar-refractivity contribution >= 4 is 0 Å². The summed E-state index contributed by atoms with van der Waals surface area (Å²) in [4.78, 5) is 0. The molecule has 0 amide bonds. The molecule has 0 heterocycles. The molecule has 0 aliphatic carbocycles. The van der Waals surface area contributed by atoms with Gasteiger partial charge >= 0.3 is 0 Å². The van der Waals surface area contributed by atoms with Gasteiger partial charge in [-0.25, -0.2) is 0 Å². The molecule has 0 nitrogen and oxygen atoms in total. The highest BCUT2D eigenvalue weighted by molar-refractivity contribution is 5.39. The maximum Gasteiger partial charge on any atom is 0.0126 e. The Hall–Kier alpha value is -1.82. The van der Waals surface area contributed by atoms with Gasteiger partial charge in [0.05, 0.1) is 0 Å². The van der Waals surface area contributed by atoms with Crippen molar-refractivity contribution in [1.82, 2.24) is 0 Å². The molecule has 0 saturated carbocycles. The molecular weight excluding hydrogens is 228 g/mol. The molecule has 0 spiro atoms. The van der Waals surface area contributed by atoms with Crippen molar-refractivity contribution in [3.63, 3.8) is 0 Å². The molecule has 2 rings (SSSR count). The summed E-state index contributed by atoms with van der Waals surface area (Å²) in [7, 11) is 0. The van der Waals surface area contributed by atoms with Crippen LogP contribution in [0.25, 0.3) is 0 Å². The first kappa shape index (κ1) is 13.6. The summed E-state index contributed by atoms with van der Waals surface area (Å²) >= 11 is 0. The molecule has 2 aromatic carbocycles.